The predicted molar refractivity (Wildman–Crippen MR) is 65.5 cm³/mol. The number of fused-ring (bicyclic) bond motifs is 1. The summed E-state index contributed by atoms with van der Waals surface area (Å²) in [4.78, 5) is 11.1. The standard InChI is InChI=1S/C12H15N3O3/c1-8(7-18-2)6-15-10-5-3-4-9(12(16)17)11(10)13-14-15/h3-5,8H,6-7H2,1-2H3,(H,16,17). The van der Waals surface area contributed by atoms with Crippen LogP contribution in [0.25, 0.3) is 11.0 Å². The van der Waals surface area contributed by atoms with E-state index in [1.54, 1.807) is 17.9 Å². The maximum atomic E-state index is 11.1. The molecule has 0 saturated heterocycles. The molecule has 0 amide bonds. The molecule has 1 unspecified atom stereocenters. The Kier molecular flexibility index (Phi) is 3.57. The number of carboxylic acid groups (broad SMARTS) is 1. The first-order chi connectivity index (χ1) is 8.63. The van der Waals surface area contributed by atoms with E-state index in [1.165, 1.54) is 6.07 Å². The van der Waals surface area contributed by atoms with Crippen LogP contribution in [0.3, 0.4) is 0 Å². The van der Waals surface area contributed by atoms with E-state index >= 15 is 0 Å². The summed E-state index contributed by atoms with van der Waals surface area (Å²) in [5.74, 6) is -0.703. The van der Waals surface area contributed by atoms with E-state index in [1.807, 2.05) is 13.0 Å². The molecule has 1 N–H and O–H groups in total. The van der Waals surface area contributed by atoms with Crippen LogP contribution in [0, 0.1) is 5.92 Å². The van der Waals surface area contributed by atoms with Gasteiger partial charge in [0.05, 0.1) is 17.7 Å². The summed E-state index contributed by atoms with van der Waals surface area (Å²) in [5.41, 5.74) is 1.34. The van der Waals surface area contributed by atoms with E-state index in [9.17, 15) is 4.79 Å². The molecule has 6 heteroatoms. The Morgan fingerprint density at radius 3 is 3.00 bits per heavy atom. The summed E-state index contributed by atoms with van der Waals surface area (Å²) >= 11 is 0. The van der Waals surface area contributed by atoms with Gasteiger partial charge in [0.1, 0.15) is 5.52 Å². The van der Waals surface area contributed by atoms with Gasteiger partial charge in [-0.1, -0.05) is 18.2 Å². The van der Waals surface area contributed by atoms with Gasteiger partial charge in [0.2, 0.25) is 0 Å². The summed E-state index contributed by atoms with van der Waals surface area (Å²) < 4.78 is 6.78. The Labute approximate surface area is 104 Å². The molecule has 2 rings (SSSR count). The van der Waals surface area contributed by atoms with Gasteiger partial charge in [-0.3, -0.25) is 0 Å². The minimum absolute atomic E-state index is 0.179. The number of nitrogens with zero attached hydrogens (tertiary/aromatic N) is 3. The minimum Gasteiger partial charge on any atom is -0.478 e. The Bertz CT molecular complexity index is 565. The number of hydrogen-bond donors (Lipinski definition) is 1. The maximum absolute atomic E-state index is 11.1. The highest BCUT2D eigenvalue weighted by Gasteiger charge is 2.14. The second-order valence-corrected chi connectivity index (χ2v) is 4.31. The normalized spacial score (nSPS) is 12.8. The van der Waals surface area contributed by atoms with Crippen molar-refractivity contribution < 1.29 is 14.6 Å². The van der Waals surface area contributed by atoms with Crippen LogP contribution in [-0.2, 0) is 11.3 Å². The first-order valence-corrected chi connectivity index (χ1v) is 5.68. The van der Waals surface area contributed by atoms with Crippen molar-refractivity contribution in [3.05, 3.63) is 23.8 Å². The van der Waals surface area contributed by atoms with Crippen molar-refractivity contribution in [1.29, 1.82) is 0 Å². The van der Waals surface area contributed by atoms with Gasteiger partial charge in [0.15, 0.2) is 0 Å². The van der Waals surface area contributed by atoms with Crippen molar-refractivity contribution in [1.82, 2.24) is 15.0 Å². The first kappa shape index (κ1) is 12.5. The van der Waals surface area contributed by atoms with Crippen molar-refractivity contribution in [2.24, 2.45) is 5.92 Å². The molecule has 1 atom stereocenters. The van der Waals surface area contributed by atoms with Crippen LogP contribution in [0.15, 0.2) is 18.2 Å². The van der Waals surface area contributed by atoms with Crippen molar-refractivity contribution in [3.63, 3.8) is 0 Å². The second kappa shape index (κ2) is 5.14. The number of aromatic nitrogens is 3. The van der Waals surface area contributed by atoms with Crippen molar-refractivity contribution in [2.45, 2.75) is 13.5 Å². The van der Waals surface area contributed by atoms with Gasteiger partial charge >= 0.3 is 5.97 Å². The third-order valence-electron chi connectivity index (χ3n) is 2.71. The molecule has 1 aromatic carbocycles. The molecule has 1 heterocycles. The quantitative estimate of drug-likeness (QED) is 0.867. The second-order valence-electron chi connectivity index (χ2n) is 4.31. The van der Waals surface area contributed by atoms with Gasteiger partial charge in [-0.15, -0.1) is 5.10 Å². The largest absolute Gasteiger partial charge is 0.478 e. The highest BCUT2D eigenvalue weighted by molar-refractivity contribution is 6.00. The van der Waals surface area contributed by atoms with Crippen LogP contribution >= 0.6 is 0 Å². The molecule has 18 heavy (non-hydrogen) atoms. The van der Waals surface area contributed by atoms with Crippen LogP contribution < -0.4 is 0 Å². The molecule has 1 aromatic heterocycles. The van der Waals surface area contributed by atoms with Crippen LogP contribution in [0.5, 0.6) is 0 Å². The molecule has 6 nitrogen and oxygen atoms in total. The summed E-state index contributed by atoms with van der Waals surface area (Å²) in [7, 11) is 1.65. The zero-order chi connectivity index (χ0) is 13.1. The fourth-order valence-electron chi connectivity index (χ4n) is 1.93. The van der Waals surface area contributed by atoms with Gasteiger partial charge in [0.25, 0.3) is 0 Å². The summed E-state index contributed by atoms with van der Waals surface area (Å²) in [6, 6.07) is 5.05. The van der Waals surface area contributed by atoms with Crippen LogP contribution in [0.4, 0.5) is 0 Å². The molecule has 0 aliphatic rings. The molecular weight excluding hydrogens is 234 g/mol. The smallest absolute Gasteiger partial charge is 0.338 e. The van der Waals surface area contributed by atoms with Crippen LogP contribution in [0.2, 0.25) is 0 Å². The third kappa shape index (κ3) is 2.33. The topological polar surface area (TPSA) is 77.2 Å². The number of methoxy groups -OCH3 is 1. The summed E-state index contributed by atoms with van der Waals surface area (Å²) in [6.07, 6.45) is 0. The number of aromatic carboxylic acids is 1. The van der Waals surface area contributed by atoms with Gasteiger partial charge in [-0.2, -0.15) is 0 Å². The zero-order valence-corrected chi connectivity index (χ0v) is 10.3. The predicted octanol–water partition coefficient (Wildman–Crippen LogP) is 1.41. The van der Waals surface area contributed by atoms with E-state index in [4.69, 9.17) is 9.84 Å². The average Bonchev–Trinajstić information content (AvgIpc) is 2.72. The van der Waals surface area contributed by atoms with Crippen molar-refractivity contribution >= 4 is 17.0 Å². The molecule has 0 fully saturated rings. The number of benzene rings is 1. The average molecular weight is 249 g/mol. The van der Waals surface area contributed by atoms with Crippen LogP contribution in [-0.4, -0.2) is 39.8 Å². The maximum Gasteiger partial charge on any atom is 0.338 e. The van der Waals surface area contributed by atoms with Crippen LogP contribution in [0.1, 0.15) is 17.3 Å². The van der Waals surface area contributed by atoms with Crippen molar-refractivity contribution in [2.75, 3.05) is 13.7 Å². The SMILES string of the molecule is COCC(C)Cn1nnc2c(C(=O)O)cccc21. The Morgan fingerprint density at radius 2 is 2.33 bits per heavy atom. The number of carbonyl (C=O) groups is 1. The number of hydrogen-bond acceptors (Lipinski definition) is 4. The number of ether oxygens (including phenoxy) is 1. The number of carboxylic acids is 1. The molecule has 0 aliphatic carbocycles. The fourth-order valence-corrected chi connectivity index (χ4v) is 1.93. The lowest BCUT2D eigenvalue weighted by Crippen LogP contribution is -2.13. The Balaban J connectivity index is 2.37. The molecule has 0 spiro atoms. The zero-order valence-electron chi connectivity index (χ0n) is 10.3. The lowest BCUT2D eigenvalue weighted by Gasteiger charge is -2.10. The molecule has 96 valence electrons. The fraction of sp³-hybridized carbons (Fsp3) is 0.417. The van der Waals surface area contributed by atoms with Gasteiger partial charge in [0, 0.05) is 13.7 Å². The van der Waals surface area contributed by atoms with Gasteiger partial charge in [-0.25, -0.2) is 9.48 Å². The minimum atomic E-state index is -0.988. The first-order valence-electron chi connectivity index (χ1n) is 5.68. The van der Waals surface area contributed by atoms with Gasteiger partial charge < -0.3 is 9.84 Å². The third-order valence-corrected chi connectivity index (χ3v) is 2.71. The lowest BCUT2D eigenvalue weighted by atomic mass is 10.1. The van der Waals surface area contributed by atoms with E-state index in [2.05, 4.69) is 10.3 Å². The highest BCUT2D eigenvalue weighted by Crippen LogP contribution is 2.17. The monoisotopic (exact) mass is 249 g/mol. The van der Waals surface area contributed by atoms with E-state index < -0.39 is 5.97 Å². The summed E-state index contributed by atoms with van der Waals surface area (Å²) in [6.45, 7) is 3.31. The van der Waals surface area contributed by atoms with Crippen molar-refractivity contribution in [3.8, 4) is 0 Å². The summed E-state index contributed by atoms with van der Waals surface area (Å²) in [5, 5.41) is 17.0. The molecule has 0 radical (unpaired) electrons. The van der Waals surface area contributed by atoms with Gasteiger partial charge in [-0.05, 0) is 18.1 Å². The van der Waals surface area contributed by atoms with E-state index in [0.717, 1.165) is 5.52 Å². The molecule has 2 aromatic rings. The van der Waals surface area contributed by atoms with E-state index in [-0.39, 0.29) is 11.5 Å². The van der Waals surface area contributed by atoms with E-state index in [0.29, 0.717) is 18.7 Å². The Morgan fingerprint density at radius 1 is 1.56 bits per heavy atom. The highest BCUT2D eigenvalue weighted by atomic mass is 16.5. The molecule has 0 saturated carbocycles. The number of rotatable bonds is 5. The lowest BCUT2D eigenvalue weighted by molar-refractivity contribution is 0.0699. The molecule has 0 aliphatic heterocycles. The molecule has 0 bridgehead atoms. The Hall–Kier alpha value is -1.95. The molecular formula is C12H15N3O3.